The molecule has 5 heteroatoms. The molecule has 1 amide bonds. The van der Waals surface area contributed by atoms with Crippen molar-refractivity contribution in [3.8, 4) is 0 Å². The summed E-state index contributed by atoms with van der Waals surface area (Å²) in [5, 5.41) is 4.82. The molecule has 0 spiro atoms. The zero-order valence-electron chi connectivity index (χ0n) is 8.73. The van der Waals surface area contributed by atoms with Crippen molar-refractivity contribution in [2.24, 2.45) is 0 Å². The molecule has 0 atom stereocenters. The molecule has 2 nitrogen and oxygen atoms in total. The zero-order valence-corrected chi connectivity index (χ0v) is 11.2. The van der Waals surface area contributed by atoms with Crippen LogP contribution >= 0.6 is 34.4 Å². The molecule has 0 aromatic carbocycles. The van der Waals surface area contributed by atoms with Gasteiger partial charge in [-0.05, 0) is 29.8 Å². The molecular formula is C11H11NOS3. The van der Waals surface area contributed by atoms with Crippen LogP contribution in [0.25, 0.3) is 0 Å². The van der Waals surface area contributed by atoms with E-state index in [4.69, 9.17) is 0 Å². The monoisotopic (exact) mass is 269 g/mol. The van der Waals surface area contributed by atoms with Gasteiger partial charge in [-0.15, -0.1) is 34.4 Å². The Morgan fingerprint density at radius 3 is 2.94 bits per heavy atom. The van der Waals surface area contributed by atoms with E-state index in [1.807, 2.05) is 17.5 Å². The lowest BCUT2D eigenvalue weighted by molar-refractivity contribution is 0.0955. The van der Waals surface area contributed by atoms with Crippen LogP contribution in [0.5, 0.6) is 0 Å². The van der Waals surface area contributed by atoms with E-state index in [2.05, 4.69) is 23.7 Å². The highest BCUT2D eigenvalue weighted by Gasteiger charge is 2.06. The smallest absolute Gasteiger partial charge is 0.261 e. The molecule has 84 valence electrons. The standard InChI is InChI=1S/C11H11NOS3/c1-14-10-5-4-8(16-10)7-12-11(13)9-3-2-6-15-9/h2-6H,7H2,1H3,(H,12,13). The number of carbonyl (C=O) groups excluding carboxylic acids is 1. The van der Waals surface area contributed by atoms with Gasteiger partial charge in [-0.1, -0.05) is 6.07 Å². The minimum Gasteiger partial charge on any atom is -0.346 e. The number of nitrogens with one attached hydrogen (secondary N) is 1. The van der Waals surface area contributed by atoms with Gasteiger partial charge in [-0.3, -0.25) is 4.79 Å². The average molecular weight is 269 g/mol. The lowest BCUT2D eigenvalue weighted by atomic mass is 10.4. The van der Waals surface area contributed by atoms with Gasteiger partial charge in [0, 0.05) is 4.88 Å². The van der Waals surface area contributed by atoms with Gasteiger partial charge in [0.1, 0.15) is 0 Å². The van der Waals surface area contributed by atoms with Crippen molar-refractivity contribution in [2.45, 2.75) is 10.8 Å². The highest BCUT2D eigenvalue weighted by atomic mass is 32.2. The molecule has 0 saturated carbocycles. The maximum atomic E-state index is 11.7. The third-order valence-corrected chi connectivity index (χ3v) is 5.04. The molecule has 0 aliphatic rings. The number of hydrogen-bond donors (Lipinski definition) is 1. The fourth-order valence-electron chi connectivity index (χ4n) is 1.23. The maximum Gasteiger partial charge on any atom is 0.261 e. The Morgan fingerprint density at radius 1 is 1.44 bits per heavy atom. The molecule has 0 aliphatic carbocycles. The van der Waals surface area contributed by atoms with Crippen LogP contribution < -0.4 is 5.32 Å². The average Bonchev–Trinajstić information content (AvgIpc) is 2.96. The van der Waals surface area contributed by atoms with E-state index in [-0.39, 0.29) is 5.91 Å². The van der Waals surface area contributed by atoms with Crippen molar-refractivity contribution in [3.63, 3.8) is 0 Å². The Balaban J connectivity index is 1.90. The van der Waals surface area contributed by atoms with Crippen molar-refractivity contribution in [1.82, 2.24) is 5.32 Å². The molecule has 0 saturated heterocycles. The predicted molar refractivity (Wildman–Crippen MR) is 71.6 cm³/mol. The maximum absolute atomic E-state index is 11.7. The van der Waals surface area contributed by atoms with Gasteiger partial charge in [-0.25, -0.2) is 0 Å². The normalized spacial score (nSPS) is 10.3. The van der Waals surface area contributed by atoms with Crippen LogP contribution in [0.2, 0.25) is 0 Å². The SMILES string of the molecule is CSc1ccc(CNC(=O)c2cccs2)s1. The van der Waals surface area contributed by atoms with E-state index >= 15 is 0 Å². The molecule has 2 rings (SSSR count). The van der Waals surface area contributed by atoms with E-state index in [0.29, 0.717) is 6.54 Å². The molecule has 2 heterocycles. The predicted octanol–water partition coefficient (Wildman–Crippen LogP) is 3.46. The van der Waals surface area contributed by atoms with Gasteiger partial charge < -0.3 is 5.32 Å². The second-order valence-electron chi connectivity index (χ2n) is 3.08. The summed E-state index contributed by atoms with van der Waals surface area (Å²) in [5.74, 6) is 0.00843. The van der Waals surface area contributed by atoms with E-state index in [9.17, 15) is 4.79 Å². The summed E-state index contributed by atoms with van der Waals surface area (Å²) >= 11 is 4.92. The van der Waals surface area contributed by atoms with Gasteiger partial charge in [0.2, 0.25) is 0 Å². The first-order valence-corrected chi connectivity index (χ1v) is 7.66. The summed E-state index contributed by atoms with van der Waals surface area (Å²) in [6, 6.07) is 7.87. The second-order valence-corrected chi connectivity index (χ2v) is 6.31. The summed E-state index contributed by atoms with van der Waals surface area (Å²) in [4.78, 5) is 13.6. The Kier molecular flexibility index (Phi) is 4.04. The number of hydrogen-bond acceptors (Lipinski definition) is 4. The van der Waals surface area contributed by atoms with E-state index in [1.54, 1.807) is 23.1 Å². The van der Waals surface area contributed by atoms with Crippen LogP contribution in [0.1, 0.15) is 14.5 Å². The minimum atomic E-state index is 0.00843. The van der Waals surface area contributed by atoms with Crippen LogP contribution in [0.4, 0.5) is 0 Å². The highest BCUT2D eigenvalue weighted by molar-refractivity contribution is 8.00. The third-order valence-electron chi connectivity index (χ3n) is 2.01. The van der Waals surface area contributed by atoms with Crippen molar-refractivity contribution < 1.29 is 4.79 Å². The van der Waals surface area contributed by atoms with E-state index < -0.39 is 0 Å². The summed E-state index contributed by atoms with van der Waals surface area (Å²) in [6.45, 7) is 0.613. The molecular weight excluding hydrogens is 258 g/mol. The number of carbonyl (C=O) groups is 1. The highest BCUT2D eigenvalue weighted by Crippen LogP contribution is 2.24. The largest absolute Gasteiger partial charge is 0.346 e. The van der Waals surface area contributed by atoms with Crippen molar-refractivity contribution >= 4 is 40.3 Å². The van der Waals surface area contributed by atoms with Gasteiger partial charge in [-0.2, -0.15) is 0 Å². The van der Waals surface area contributed by atoms with Crippen LogP contribution in [-0.4, -0.2) is 12.2 Å². The molecule has 2 aromatic rings. The number of thiophene rings is 2. The second kappa shape index (κ2) is 5.52. The number of amides is 1. The Hall–Kier alpha value is -0.780. The Morgan fingerprint density at radius 2 is 2.31 bits per heavy atom. The molecule has 0 bridgehead atoms. The first-order chi connectivity index (χ1) is 7.79. The topological polar surface area (TPSA) is 29.1 Å². The fourth-order valence-corrected chi connectivity index (χ4v) is 3.40. The fraction of sp³-hybridized carbons (Fsp3) is 0.182. The van der Waals surface area contributed by atoms with Crippen molar-refractivity contribution in [2.75, 3.05) is 6.26 Å². The van der Waals surface area contributed by atoms with Gasteiger partial charge in [0.05, 0.1) is 15.6 Å². The summed E-state index contributed by atoms with van der Waals surface area (Å²) in [6.07, 6.45) is 2.06. The van der Waals surface area contributed by atoms with Gasteiger partial charge in [0.25, 0.3) is 5.91 Å². The molecule has 0 fully saturated rings. The summed E-state index contributed by atoms with van der Waals surface area (Å²) in [7, 11) is 0. The van der Waals surface area contributed by atoms with Crippen molar-refractivity contribution in [3.05, 3.63) is 39.4 Å². The van der Waals surface area contributed by atoms with Crippen LogP contribution in [0, 0.1) is 0 Å². The first-order valence-electron chi connectivity index (χ1n) is 4.74. The molecule has 2 aromatic heterocycles. The molecule has 0 unspecified atom stereocenters. The lowest BCUT2D eigenvalue weighted by Crippen LogP contribution is -2.21. The Bertz CT molecular complexity index is 461. The lowest BCUT2D eigenvalue weighted by Gasteiger charge is -2.00. The van der Waals surface area contributed by atoms with E-state index in [1.165, 1.54) is 20.4 Å². The number of thioether (sulfide) groups is 1. The zero-order chi connectivity index (χ0) is 11.4. The number of rotatable bonds is 4. The van der Waals surface area contributed by atoms with Crippen LogP contribution in [0.3, 0.4) is 0 Å². The van der Waals surface area contributed by atoms with Crippen LogP contribution in [-0.2, 0) is 6.54 Å². The van der Waals surface area contributed by atoms with Crippen molar-refractivity contribution in [1.29, 1.82) is 0 Å². The molecule has 1 N–H and O–H groups in total. The van der Waals surface area contributed by atoms with Gasteiger partial charge in [0.15, 0.2) is 0 Å². The minimum absolute atomic E-state index is 0.00843. The Labute approximate surface area is 107 Å². The molecule has 16 heavy (non-hydrogen) atoms. The third kappa shape index (κ3) is 2.87. The first kappa shape index (κ1) is 11.7. The molecule has 0 aliphatic heterocycles. The van der Waals surface area contributed by atoms with Crippen LogP contribution in [0.15, 0.2) is 33.9 Å². The van der Waals surface area contributed by atoms with E-state index in [0.717, 1.165) is 4.88 Å². The summed E-state index contributed by atoms with van der Waals surface area (Å²) < 4.78 is 1.28. The van der Waals surface area contributed by atoms with Gasteiger partial charge >= 0.3 is 0 Å². The summed E-state index contributed by atoms with van der Waals surface area (Å²) in [5.41, 5.74) is 0. The quantitative estimate of drug-likeness (QED) is 0.861. The molecule has 0 radical (unpaired) electrons.